The Morgan fingerprint density at radius 2 is 1.27 bits per heavy atom. The van der Waals surface area contributed by atoms with Crippen molar-refractivity contribution in [3.63, 3.8) is 0 Å². The van der Waals surface area contributed by atoms with Crippen molar-refractivity contribution < 1.29 is 18.3 Å². The molecule has 0 amide bonds. The molecular weight excluding hydrogens is 665 g/mol. The summed E-state index contributed by atoms with van der Waals surface area (Å²) in [4.78, 5) is 0. The van der Waals surface area contributed by atoms with Gasteiger partial charge in [0.2, 0.25) is 0 Å². The number of allylic oxidation sites excluding steroid dienone is 4. The van der Waals surface area contributed by atoms with Crippen LogP contribution < -0.4 is 9.81 Å². The Morgan fingerprint density at radius 1 is 0.732 bits per heavy atom. The van der Waals surface area contributed by atoms with Crippen LogP contribution in [0.4, 0.5) is 0 Å². The van der Waals surface area contributed by atoms with Gasteiger partial charge >= 0.3 is 245 Å². The summed E-state index contributed by atoms with van der Waals surface area (Å²) < 4.78 is 11.1. The molecule has 0 aliphatic heterocycles. The summed E-state index contributed by atoms with van der Waals surface area (Å²) >= 11 is 8.16. The summed E-state index contributed by atoms with van der Waals surface area (Å²) in [6, 6.07) is 32.9. The first-order chi connectivity index (χ1) is 18.5. The first kappa shape index (κ1) is 32.2. The van der Waals surface area contributed by atoms with Crippen molar-refractivity contribution in [2.24, 2.45) is 11.3 Å². The Bertz CT molecular complexity index is 1690. The third-order valence-corrected chi connectivity index (χ3v) is 26.2. The summed E-state index contributed by atoms with van der Waals surface area (Å²) in [6.45, 7) is 9.27. The molecule has 1 unspecified atom stereocenters. The molecule has 2 aliphatic carbocycles. The summed E-state index contributed by atoms with van der Waals surface area (Å²) in [5.74, 6) is 0.258. The zero-order valence-corrected chi connectivity index (χ0v) is 29.5. The second kappa shape index (κ2) is 11.4. The van der Waals surface area contributed by atoms with E-state index in [1.165, 1.54) is 40.9 Å². The Morgan fingerprint density at radius 3 is 1.80 bits per heavy atom. The van der Waals surface area contributed by atoms with Crippen LogP contribution in [-0.4, -0.2) is 4.21 Å². The van der Waals surface area contributed by atoms with Crippen LogP contribution in [-0.2, 0) is 24.7 Å². The molecule has 212 valence electrons. The quantitative estimate of drug-likeness (QED) is 0.175. The van der Waals surface area contributed by atoms with E-state index < -0.39 is 18.3 Å². The van der Waals surface area contributed by atoms with E-state index in [0.29, 0.717) is 0 Å². The number of fused-ring (bicyclic) bond motifs is 3. The molecule has 0 spiro atoms. The van der Waals surface area contributed by atoms with Crippen molar-refractivity contribution >= 4 is 62.0 Å². The Kier molecular flexibility index (Phi) is 8.96. The van der Waals surface area contributed by atoms with Crippen molar-refractivity contribution in [3.8, 4) is 11.1 Å². The van der Waals surface area contributed by atoms with E-state index in [-0.39, 0.29) is 36.1 Å². The second-order valence-corrected chi connectivity index (χ2v) is 26.0. The SMILES string of the molecule is Cl.Cl.[CH2]=[Zr]([C]1=CC(C(C)(C)C)=CC1C)([c]1ccc(Cl)cc1)([c]1ccc(Cl)cc1)[c]1cccc2c1Cc1ccccc1-2. The van der Waals surface area contributed by atoms with Crippen LogP contribution in [0.5, 0.6) is 0 Å². The van der Waals surface area contributed by atoms with Gasteiger partial charge in [-0.15, -0.1) is 24.8 Å². The van der Waals surface area contributed by atoms with E-state index in [0.717, 1.165) is 16.5 Å². The van der Waals surface area contributed by atoms with Crippen LogP contribution in [0.1, 0.15) is 38.8 Å². The van der Waals surface area contributed by atoms with Gasteiger partial charge in [0, 0.05) is 0 Å². The van der Waals surface area contributed by atoms with Gasteiger partial charge in [-0.25, -0.2) is 0 Å². The zero-order valence-electron chi connectivity index (χ0n) is 23.9. The van der Waals surface area contributed by atoms with Gasteiger partial charge in [-0.1, -0.05) is 0 Å². The van der Waals surface area contributed by atoms with Gasteiger partial charge in [0.25, 0.3) is 0 Å². The monoisotopic (exact) mass is 698 g/mol. The van der Waals surface area contributed by atoms with Gasteiger partial charge in [0.1, 0.15) is 0 Å². The standard InChI is InChI=1S/C13H9.C10H15.2C6H4Cl.CH2.2ClH.Zr/c1-3-7-12-10(5-1)9-11-6-2-4-8-13(11)12;1-8-5-6-9(7-8)10(2,3)4;2*7-6-4-2-1-3-5-6;;;;/h1-5,7-8H,9H2;6-8H,1-4H3;2*2-5H;1H2;2*1H;. The molecule has 41 heavy (non-hydrogen) atoms. The first-order valence-electron chi connectivity index (χ1n) is 13.7. The van der Waals surface area contributed by atoms with Crippen LogP contribution >= 0.6 is 48.0 Å². The Balaban J connectivity index is 0.00000194. The van der Waals surface area contributed by atoms with Crippen LogP contribution in [0.25, 0.3) is 11.1 Å². The fourth-order valence-electron chi connectivity index (χ4n) is 7.11. The maximum absolute atomic E-state index is 6.51. The van der Waals surface area contributed by atoms with Crippen molar-refractivity contribution in [3.05, 3.63) is 133 Å². The zero-order chi connectivity index (χ0) is 27.6. The van der Waals surface area contributed by atoms with Crippen molar-refractivity contribution in [2.75, 3.05) is 0 Å². The van der Waals surface area contributed by atoms with Gasteiger partial charge in [-0.2, -0.15) is 0 Å². The normalized spacial score (nSPS) is 16.1. The molecule has 5 heteroatoms. The number of benzene rings is 4. The maximum atomic E-state index is 6.51. The molecule has 0 radical (unpaired) electrons. The van der Waals surface area contributed by atoms with E-state index in [1.54, 1.807) is 0 Å². The van der Waals surface area contributed by atoms with Crippen LogP contribution in [0, 0.1) is 11.3 Å². The average Bonchev–Trinajstić information content (AvgIpc) is 3.50. The van der Waals surface area contributed by atoms with E-state index in [2.05, 4.69) is 107 Å². The van der Waals surface area contributed by atoms with Gasteiger partial charge in [0.15, 0.2) is 0 Å². The van der Waals surface area contributed by atoms with Gasteiger partial charge in [0.05, 0.1) is 0 Å². The number of rotatable bonds is 4. The number of halogens is 4. The second-order valence-electron chi connectivity index (χ2n) is 12.4. The molecule has 2 aliphatic rings. The van der Waals surface area contributed by atoms with Crippen molar-refractivity contribution in [1.29, 1.82) is 0 Å². The molecule has 6 rings (SSSR count). The fraction of sp³-hybridized carbons (Fsp3) is 0.194. The molecule has 4 aromatic carbocycles. The molecule has 0 fully saturated rings. The van der Waals surface area contributed by atoms with E-state index >= 15 is 0 Å². The predicted octanol–water partition coefficient (Wildman–Crippen LogP) is 9.31. The van der Waals surface area contributed by atoms with Gasteiger partial charge < -0.3 is 0 Å². The molecule has 0 nitrogen and oxygen atoms in total. The van der Waals surface area contributed by atoms with Gasteiger partial charge in [-0.05, 0) is 0 Å². The molecule has 0 aromatic heterocycles. The van der Waals surface area contributed by atoms with Crippen molar-refractivity contribution in [2.45, 2.75) is 34.1 Å². The minimum absolute atomic E-state index is 0. The number of hydrogen-bond donors (Lipinski definition) is 0. The molecule has 0 saturated heterocycles. The number of hydrogen-bond acceptors (Lipinski definition) is 0. The summed E-state index contributed by atoms with van der Waals surface area (Å²) in [5.41, 5.74) is 6.91. The fourth-order valence-corrected chi connectivity index (χ4v) is 23.7. The van der Waals surface area contributed by atoms with E-state index in [4.69, 9.17) is 27.4 Å². The van der Waals surface area contributed by atoms with Crippen LogP contribution in [0.2, 0.25) is 10.0 Å². The molecule has 0 heterocycles. The molecule has 0 bridgehead atoms. The summed E-state index contributed by atoms with van der Waals surface area (Å²) in [7, 11) is 0. The topological polar surface area (TPSA) is 0 Å². The molecule has 0 saturated carbocycles. The minimum atomic E-state index is -4.85. The summed E-state index contributed by atoms with van der Waals surface area (Å²) in [6.07, 6.45) is 5.90. The Hall–Kier alpha value is -1.73. The molecule has 0 N–H and O–H groups in total. The summed E-state index contributed by atoms with van der Waals surface area (Å²) in [5, 5.41) is 1.48. The third-order valence-electron chi connectivity index (χ3n) is 9.14. The molecule has 1 atom stereocenters. The van der Waals surface area contributed by atoms with E-state index in [1.807, 2.05) is 24.3 Å². The van der Waals surface area contributed by atoms with Crippen molar-refractivity contribution in [1.82, 2.24) is 0 Å². The third kappa shape index (κ3) is 4.91. The average molecular weight is 702 g/mol. The Labute approximate surface area is 267 Å². The van der Waals surface area contributed by atoms with E-state index in [9.17, 15) is 0 Å². The van der Waals surface area contributed by atoms with Crippen LogP contribution in [0.3, 0.4) is 0 Å². The predicted molar refractivity (Wildman–Crippen MR) is 183 cm³/mol. The molecular formula is C36H36Cl4Zr. The van der Waals surface area contributed by atoms with Gasteiger partial charge in [-0.3, -0.25) is 0 Å². The molecule has 4 aromatic rings. The first-order valence-corrected chi connectivity index (χ1v) is 21.1. The van der Waals surface area contributed by atoms with Crippen LogP contribution in [0.15, 0.2) is 112 Å².